The highest BCUT2D eigenvalue weighted by Crippen LogP contribution is 2.26. The first-order chi connectivity index (χ1) is 7.97. The van der Waals surface area contributed by atoms with Gasteiger partial charge < -0.3 is 0 Å². The molecule has 5 heteroatoms. The highest BCUT2D eigenvalue weighted by molar-refractivity contribution is 9.09. The lowest BCUT2D eigenvalue weighted by molar-refractivity contribution is -0.387. The molecule has 1 aromatic carbocycles. The number of nitro benzene ring substituents is 1. The number of benzene rings is 1. The highest BCUT2D eigenvalue weighted by Gasteiger charge is 2.21. The van der Waals surface area contributed by atoms with Gasteiger partial charge in [-0.15, -0.1) is 0 Å². The fraction of sp³-hybridized carbons (Fsp3) is 0.500. The largest absolute Gasteiger partial charge is 0.305 e. The van der Waals surface area contributed by atoms with Gasteiger partial charge in [0, 0.05) is 10.9 Å². The molecule has 2 atom stereocenters. The van der Waals surface area contributed by atoms with Crippen molar-refractivity contribution < 1.29 is 9.31 Å². The van der Waals surface area contributed by atoms with Crippen molar-refractivity contribution in [2.45, 2.75) is 31.5 Å². The standard InChI is InChI=1S/C12H15BrFNO2/c1-3-9(8(2)13)7-10-5-4-6-11(12(10)14)15(16)17/h4-6,8-9H,3,7H2,1-2H3. The first-order valence-corrected chi connectivity index (χ1v) is 6.44. The quantitative estimate of drug-likeness (QED) is 0.467. The third-order valence-electron chi connectivity index (χ3n) is 2.91. The molecule has 0 radical (unpaired) electrons. The van der Waals surface area contributed by atoms with Crippen LogP contribution in [0.15, 0.2) is 18.2 Å². The van der Waals surface area contributed by atoms with Gasteiger partial charge in [-0.1, -0.05) is 48.3 Å². The first-order valence-electron chi connectivity index (χ1n) is 5.53. The minimum atomic E-state index is -0.705. The molecule has 94 valence electrons. The maximum Gasteiger partial charge on any atom is 0.305 e. The van der Waals surface area contributed by atoms with Crippen LogP contribution in [0.5, 0.6) is 0 Å². The molecule has 0 spiro atoms. The molecular weight excluding hydrogens is 289 g/mol. The topological polar surface area (TPSA) is 43.1 Å². The van der Waals surface area contributed by atoms with Gasteiger partial charge in [0.25, 0.3) is 0 Å². The Hall–Kier alpha value is -0.970. The molecule has 0 aliphatic rings. The van der Waals surface area contributed by atoms with Crippen molar-refractivity contribution in [1.82, 2.24) is 0 Å². The summed E-state index contributed by atoms with van der Waals surface area (Å²) in [6, 6.07) is 4.33. The van der Waals surface area contributed by atoms with Crippen molar-refractivity contribution in [3.63, 3.8) is 0 Å². The Balaban J connectivity index is 2.99. The van der Waals surface area contributed by atoms with Crippen LogP contribution in [-0.2, 0) is 6.42 Å². The molecule has 2 unspecified atom stereocenters. The Morgan fingerprint density at radius 2 is 2.18 bits per heavy atom. The lowest BCUT2D eigenvalue weighted by Crippen LogP contribution is -2.14. The van der Waals surface area contributed by atoms with Crippen LogP contribution in [0.4, 0.5) is 10.1 Å². The van der Waals surface area contributed by atoms with Crippen LogP contribution < -0.4 is 0 Å². The molecule has 0 saturated carbocycles. The van der Waals surface area contributed by atoms with Crippen LogP contribution in [0.25, 0.3) is 0 Å². The van der Waals surface area contributed by atoms with E-state index in [1.54, 1.807) is 6.07 Å². The van der Waals surface area contributed by atoms with E-state index in [9.17, 15) is 14.5 Å². The Labute approximate surface area is 108 Å². The number of alkyl halides is 1. The number of hydrogen-bond donors (Lipinski definition) is 0. The molecule has 0 saturated heterocycles. The van der Waals surface area contributed by atoms with Gasteiger partial charge in [0.2, 0.25) is 5.82 Å². The van der Waals surface area contributed by atoms with Crippen molar-refractivity contribution >= 4 is 21.6 Å². The number of rotatable bonds is 5. The lowest BCUT2D eigenvalue weighted by Gasteiger charge is -2.17. The van der Waals surface area contributed by atoms with Crippen molar-refractivity contribution in [2.24, 2.45) is 5.92 Å². The summed E-state index contributed by atoms with van der Waals surface area (Å²) in [4.78, 5) is 10.2. The van der Waals surface area contributed by atoms with Crippen molar-refractivity contribution in [2.75, 3.05) is 0 Å². The maximum atomic E-state index is 13.8. The normalized spacial score (nSPS) is 14.4. The molecule has 0 aromatic heterocycles. The van der Waals surface area contributed by atoms with E-state index in [2.05, 4.69) is 15.9 Å². The van der Waals surface area contributed by atoms with E-state index in [0.717, 1.165) is 6.42 Å². The van der Waals surface area contributed by atoms with Crippen LogP contribution in [0.2, 0.25) is 0 Å². The maximum absolute atomic E-state index is 13.8. The second kappa shape index (κ2) is 6.10. The molecule has 0 aliphatic carbocycles. The molecule has 0 heterocycles. The monoisotopic (exact) mass is 303 g/mol. The lowest BCUT2D eigenvalue weighted by atomic mass is 9.94. The van der Waals surface area contributed by atoms with Gasteiger partial charge in [0.05, 0.1) is 4.92 Å². The number of nitrogens with zero attached hydrogens (tertiary/aromatic N) is 1. The molecule has 1 rings (SSSR count). The van der Waals surface area contributed by atoms with E-state index in [-0.39, 0.29) is 10.7 Å². The Bertz CT molecular complexity index is 409. The third kappa shape index (κ3) is 3.49. The van der Waals surface area contributed by atoms with E-state index < -0.39 is 16.4 Å². The van der Waals surface area contributed by atoms with Crippen molar-refractivity contribution in [3.05, 3.63) is 39.7 Å². The first kappa shape index (κ1) is 14.1. The molecule has 17 heavy (non-hydrogen) atoms. The SMILES string of the molecule is CCC(Cc1cccc([N+](=O)[O-])c1F)C(C)Br. The van der Waals surface area contributed by atoms with E-state index in [4.69, 9.17) is 0 Å². The van der Waals surface area contributed by atoms with Crippen molar-refractivity contribution in [1.29, 1.82) is 0 Å². The molecule has 0 amide bonds. The van der Waals surface area contributed by atoms with Gasteiger partial charge in [-0.2, -0.15) is 4.39 Å². The predicted octanol–water partition coefficient (Wildman–Crippen LogP) is 4.09. The molecular formula is C12H15BrFNO2. The van der Waals surface area contributed by atoms with Crippen LogP contribution >= 0.6 is 15.9 Å². The number of hydrogen-bond acceptors (Lipinski definition) is 2. The average Bonchev–Trinajstić information content (AvgIpc) is 2.26. The number of halogens is 2. The second-order valence-corrected chi connectivity index (χ2v) is 5.50. The van der Waals surface area contributed by atoms with E-state index in [1.807, 2.05) is 13.8 Å². The zero-order valence-electron chi connectivity index (χ0n) is 9.82. The third-order valence-corrected chi connectivity index (χ3v) is 3.66. The van der Waals surface area contributed by atoms with Crippen LogP contribution in [0.1, 0.15) is 25.8 Å². The summed E-state index contributed by atoms with van der Waals surface area (Å²) >= 11 is 3.47. The van der Waals surface area contributed by atoms with E-state index in [1.165, 1.54) is 12.1 Å². The fourth-order valence-corrected chi connectivity index (χ4v) is 2.34. The van der Waals surface area contributed by atoms with Crippen LogP contribution in [-0.4, -0.2) is 9.75 Å². The molecule has 0 aliphatic heterocycles. The average molecular weight is 304 g/mol. The van der Waals surface area contributed by atoms with Crippen LogP contribution in [0, 0.1) is 21.8 Å². The van der Waals surface area contributed by atoms with Gasteiger partial charge in [0.1, 0.15) is 0 Å². The summed E-state index contributed by atoms with van der Waals surface area (Å²) in [5.41, 5.74) is -0.0306. The number of nitro groups is 1. The summed E-state index contributed by atoms with van der Waals surface area (Å²) < 4.78 is 13.8. The van der Waals surface area contributed by atoms with Gasteiger partial charge in [-0.05, 0) is 17.9 Å². The Morgan fingerprint density at radius 1 is 1.53 bits per heavy atom. The minimum absolute atomic E-state index is 0.256. The van der Waals surface area contributed by atoms with Gasteiger partial charge in [-0.3, -0.25) is 10.1 Å². The van der Waals surface area contributed by atoms with Gasteiger partial charge >= 0.3 is 5.69 Å². The molecule has 0 N–H and O–H groups in total. The zero-order chi connectivity index (χ0) is 13.0. The summed E-state index contributed by atoms with van der Waals surface area (Å²) in [7, 11) is 0. The minimum Gasteiger partial charge on any atom is -0.258 e. The highest BCUT2D eigenvalue weighted by atomic mass is 79.9. The molecule has 0 fully saturated rings. The molecule has 0 bridgehead atoms. The van der Waals surface area contributed by atoms with Crippen molar-refractivity contribution in [3.8, 4) is 0 Å². The van der Waals surface area contributed by atoms with Crippen LogP contribution in [0.3, 0.4) is 0 Å². The zero-order valence-corrected chi connectivity index (χ0v) is 11.4. The van der Waals surface area contributed by atoms with E-state index >= 15 is 0 Å². The Morgan fingerprint density at radius 3 is 2.65 bits per heavy atom. The summed E-state index contributed by atoms with van der Waals surface area (Å²) in [6.45, 7) is 4.03. The Kier molecular flexibility index (Phi) is 5.05. The second-order valence-electron chi connectivity index (χ2n) is 4.06. The van der Waals surface area contributed by atoms with Gasteiger partial charge in [-0.25, -0.2) is 0 Å². The summed E-state index contributed by atoms with van der Waals surface area (Å²) in [5, 5.41) is 10.6. The fourth-order valence-electron chi connectivity index (χ4n) is 1.78. The van der Waals surface area contributed by atoms with E-state index in [0.29, 0.717) is 12.0 Å². The van der Waals surface area contributed by atoms with Gasteiger partial charge in [0.15, 0.2) is 0 Å². The molecule has 1 aromatic rings. The molecule has 3 nitrogen and oxygen atoms in total. The smallest absolute Gasteiger partial charge is 0.258 e. The summed E-state index contributed by atoms with van der Waals surface area (Å²) in [5.74, 6) is -0.435. The predicted molar refractivity (Wildman–Crippen MR) is 68.9 cm³/mol. The summed E-state index contributed by atoms with van der Waals surface area (Å²) in [6.07, 6.45) is 1.41.